The number of phenolic OH excluding ortho intramolecular Hbond substituents is 1. The molecule has 0 unspecified atom stereocenters. The SMILES string of the molecule is CC1=NO[C@@H](C(=O)N2CCOc3c(O)cc(-c4ccc(C)s4)cc3C2)C1. The number of benzene rings is 1. The highest BCUT2D eigenvalue weighted by molar-refractivity contribution is 7.15. The van der Waals surface area contributed by atoms with E-state index in [1.54, 1.807) is 22.3 Å². The van der Waals surface area contributed by atoms with Crippen LogP contribution in [0, 0.1) is 6.92 Å². The third-order valence-corrected chi connectivity index (χ3v) is 5.59. The van der Waals surface area contributed by atoms with Crippen LogP contribution in [-0.2, 0) is 16.2 Å². The maximum atomic E-state index is 12.8. The van der Waals surface area contributed by atoms with Crippen LogP contribution in [0.5, 0.6) is 11.5 Å². The summed E-state index contributed by atoms with van der Waals surface area (Å²) in [5, 5.41) is 14.3. The van der Waals surface area contributed by atoms with Crippen molar-refractivity contribution in [2.45, 2.75) is 32.9 Å². The van der Waals surface area contributed by atoms with Crippen LogP contribution >= 0.6 is 11.3 Å². The standard InChI is InChI=1S/C19H20N2O4S/c1-11-7-16(25-20-11)19(23)21-5-6-24-18-14(10-21)8-13(9-15(18)22)17-4-3-12(2)26-17/h3-4,8-9,16,22H,5-7,10H2,1-2H3/t16-/m1/s1. The van der Waals surface area contributed by atoms with Gasteiger partial charge in [0.15, 0.2) is 11.5 Å². The Labute approximate surface area is 155 Å². The fourth-order valence-corrected chi connectivity index (χ4v) is 4.11. The van der Waals surface area contributed by atoms with Crippen LogP contribution in [0.4, 0.5) is 0 Å². The van der Waals surface area contributed by atoms with Crippen molar-refractivity contribution in [1.82, 2.24) is 4.90 Å². The molecule has 1 aromatic carbocycles. The van der Waals surface area contributed by atoms with E-state index in [0.717, 1.165) is 21.7 Å². The molecular weight excluding hydrogens is 352 g/mol. The quantitative estimate of drug-likeness (QED) is 0.878. The third kappa shape index (κ3) is 3.14. The highest BCUT2D eigenvalue weighted by atomic mass is 32.1. The van der Waals surface area contributed by atoms with Gasteiger partial charge in [0.25, 0.3) is 5.91 Å². The van der Waals surface area contributed by atoms with E-state index in [0.29, 0.717) is 31.9 Å². The first-order valence-electron chi connectivity index (χ1n) is 8.55. The number of rotatable bonds is 2. The Kier molecular flexibility index (Phi) is 4.32. The molecule has 0 aliphatic carbocycles. The Bertz CT molecular complexity index is 890. The zero-order valence-electron chi connectivity index (χ0n) is 14.7. The largest absolute Gasteiger partial charge is 0.504 e. The van der Waals surface area contributed by atoms with Crippen LogP contribution in [0.2, 0.25) is 0 Å². The number of thiophene rings is 1. The van der Waals surface area contributed by atoms with Crippen molar-refractivity contribution < 1.29 is 19.5 Å². The fraction of sp³-hybridized carbons (Fsp3) is 0.368. The molecule has 1 amide bonds. The number of aromatic hydroxyl groups is 1. The van der Waals surface area contributed by atoms with E-state index in [2.05, 4.69) is 11.2 Å². The molecule has 0 saturated heterocycles. The molecule has 26 heavy (non-hydrogen) atoms. The summed E-state index contributed by atoms with van der Waals surface area (Å²) in [4.78, 5) is 22.0. The summed E-state index contributed by atoms with van der Waals surface area (Å²) in [7, 11) is 0. The van der Waals surface area contributed by atoms with Crippen molar-refractivity contribution in [1.29, 1.82) is 0 Å². The lowest BCUT2D eigenvalue weighted by Crippen LogP contribution is -2.40. The number of ether oxygens (including phenoxy) is 1. The van der Waals surface area contributed by atoms with E-state index in [9.17, 15) is 9.90 Å². The van der Waals surface area contributed by atoms with Gasteiger partial charge >= 0.3 is 0 Å². The molecular formula is C19H20N2O4S. The van der Waals surface area contributed by atoms with E-state index >= 15 is 0 Å². The Balaban J connectivity index is 1.62. The van der Waals surface area contributed by atoms with Crippen molar-refractivity contribution in [3.05, 3.63) is 34.7 Å². The number of oxime groups is 1. The van der Waals surface area contributed by atoms with Crippen LogP contribution in [0.3, 0.4) is 0 Å². The molecule has 2 aliphatic heterocycles. The first-order chi connectivity index (χ1) is 12.5. The van der Waals surface area contributed by atoms with E-state index in [1.807, 2.05) is 26.0 Å². The molecule has 2 aliphatic rings. The molecule has 136 valence electrons. The number of carbonyl (C=O) groups excluding carboxylic acids is 1. The predicted octanol–water partition coefficient (Wildman–Crippen LogP) is 3.31. The highest BCUT2D eigenvalue weighted by Gasteiger charge is 2.32. The molecule has 0 bridgehead atoms. The van der Waals surface area contributed by atoms with Gasteiger partial charge in [0.05, 0.1) is 12.3 Å². The lowest BCUT2D eigenvalue weighted by molar-refractivity contribution is -0.142. The van der Waals surface area contributed by atoms with Crippen molar-refractivity contribution in [2.24, 2.45) is 5.16 Å². The number of aryl methyl sites for hydroxylation is 1. The van der Waals surface area contributed by atoms with Gasteiger partial charge in [-0.15, -0.1) is 11.3 Å². The monoisotopic (exact) mass is 372 g/mol. The maximum absolute atomic E-state index is 12.8. The van der Waals surface area contributed by atoms with Gasteiger partial charge in [0, 0.05) is 28.3 Å². The van der Waals surface area contributed by atoms with Crippen LogP contribution in [0.15, 0.2) is 29.4 Å². The molecule has 1 aromatic heterocycles. The summed E-state index contributed by atoms with van der Waals surface area (Å²) >= 11 is 1.67. The number of carbonyl (C=O) groups is 1. The van der Waals surface area contributed by atoms with Crippen LogP contribution in [-0.4, -0.2) is 40.9 Å². The second kappa shape index (κ2) is 6.64. The summed E-state index contributed by atoms with van der Waals surface area (Å²) in [6.07, 6.45) is -0.0451. The van der Waals surface area contributed by atoms with E-state index < -0.39 is 6.10 Å². The minimum atomic E-state index is -0.562. The van der Waals surface area contributed by atoms with Crippen LogP contribution in [0.1, 0.15) is 23.8 Å². The summed E-state index contributed by atoms with van der Waals surface area (Å²) in [6.45, 7) is 5.04. The molecule has 6 nitrogen and oxygen atoms in total. The van der Waals surface area contributed by atoms with Gasteiger partial charge in [-0.05, 0) is 43.7 Å². The number of amides is 1. The number of phenols is 1. The molecule has 0 radical (unpaired) electrons. The predicted molar refractivity (Wildman–Crippen MR) is 99.7 cm³/mol. The second-order valence-electron chi connectivity index (χ2n) is 6.63. The highest BCUT2D eigenvalue weighted by Crippen LogP contribution is 2.39. The number of fused-ring (bicyclic) bond motifs is 1. The molecule has 1 N–H and O–H groups in total. The zero-order valence-corrected chi connectivity index (χ0v) is 15.5. The van der Waals surface area contributed by atoms with Gasteiger partial charge in [-0.1, -0.05) is 5.16 Å². The Morgan fingerprint density at radius 1 is 1.35 bits per heavy atom. The van der Waals surface area contributed by atoms with Crippen molar-refractivity contribution in [3.63, 3.8) is 0 Å². The van der Waals surface area contributed by atoms with Crippen molar-refractivity contribution >= 4 is 23.0 Å². The number of hydrogen-bond donors (Lipinski definition) is 1. The van der Waals surface area contributed by atoms with Gasteiger partial charge < -0.3 is 19.6 Å². The van der Waals surface area contributed by atoms with E-state index in [-0.39, 0.29) is 11.7 Å². The molecule has 3 heterocycles. The van der Waals surface area contributed by atoms with Gasteiger partial charge in [0.1, 0.15) is 6.61 Å². The molecule has 1 atom stereocenters. The molecule has 4 rings (SSSR count). The smallest absolute Gasteiger partial charge is 0.267 e. The average molecular weight is 372 g/mol. The number of hydrogen-bond acceptors (Lipinski definition) is 6. The lowest BCUT2D eigenvalue weighted by Gasteiger charge is -2.22. The van der Waals surface area contributed by atoms with Gasteiger partial charge in [0.2, 0.25) is 6.10 Å². The van der Waals surface area contributed by atoms with Crippen molar-refractivity contribution in [3.8, 4) is 21.9 Å². The van der Waals surface area contributed by atoms with Crippen LogP contribution in [0.25, 0.3) is 10.4 Å². The van der Waals surface area contributed by atoms with Gasteiger partial charge in [-0.3, -0.25) is 4.79 Å². The third-order valence-electron chi connectivity index (χ3n) is 4.54. The Hall–Kier alpha value is -2.54. The Morgan fingerprint density at radius 3 is 2.88 bits per heavy atom. The average Bonchev–Trinajstić information content (AvgIpc) is 3.17. The summed E-state index contributed by atoms with van der Waals surface area (Å²) in [6, 6.07) is 7.80. The fourth-order valence-electron chi connectivity index (χ4n) is 3.25. The van der Waals surface area contributed by atoms with Gasteiger partial charge in [-0.25, -0.2) is 0 Å². The number of nitrogens with zero attached hydrogens (tertiary/aromatic N) is 2. The first-order valence-corrected chi connectivity index (χ1v) is 9.36. The van der Waals surface area contributed by atoms with Gasteiger partial charge in [-0.2, -0.15) is 0 Å². The molecule has 0 saturated carbocycles. The van der Waals surface area contributed by atoms with E-state index in [1.165, 1.54) is 4.88 Å². The lowest BCUT2D eigenvalue weighted by atomic mass is 10.1. The molecule has 2 aromatic rings. The Morgan fingerprint density at radius 2 is 2.19 bits per heavy atom. The van der Waals surface area contributed by atoms with E-state index in [4.69, 9.17) is 9.57 Å². The summed E-state index contributed by atoms with van der Waals surface area (Å²) < 4.78 is 5.73. The molecule has 7 heteroatoms. The topological polar surface area (TPSA) is 71.4 Å². The minimum Gasteiger partial charge on any atom is -0.504 e. The summed E-state index contributed by atoms with van der Waals surface area (Å²) in [5.74, 6) is 0.463. The van der Waals surface area contributed by atoms with Crippen LogP contribution < -0.4 is 4.74 Å². The van der Waals surface area contributed by atoms with Crippen molar-refractivity contribution in [2.75, 3.05) is 13.2 Å². The summed E-state index contributed by atoms with van der Waals surface area (Å²) in [5.41, 5.74) is 2.55. The molecule has 0 fully saturated rings. The normalized spacial score (nSPS) is 19.2. The maximum Gasteiger partial charge on any atom is 0.267 e. The molecule has 0 spiro atoms. The zero-order chi connectivity index (χ0) is 18.3. The first kappa shape index (κ1) is 16.9. The minimum absolute atomic E-state index is 0.0982. The second-order valence-corrected chi connectivity index (χ2v) is 7.91.